The fraction of sp³-hybridized carbons (Fsp3) is 0.467. The van der Waals surface area contributed by atoms with Crippen LogP contribution in [0.2, 0.25) is 0 Å². The van der Waals surface area contributed by atoms with E-state index in [0.29, 0.717) is 31.0 Å². The van der Waals surface area contributed by atoms with Crippen molar-refractivity contribution in [2.75, 3.05) is 39.9 Å². The molecule has 200 valence electrons. The molecule has 1 unspecified atom stereocenters. The van der Waals surface area contributed by atoms with E-state index in [9.17, 15) is 14.7 Å². The summed E-state index contributed by atoms with van der Waals surface area (Å²) in [6, 6.07) is 12.0. The van der Waals surface area contributed by atoms with E-state index < -0.39 is 17.7 Å². The van der Waals surface area contributed by atoms with Crippen molar-refractivity contribution in [1.82, 2.24) is 9.80 Å². The van der Waals surface area contributed by atoms with Crippen LogP contribution >= 0.6 is 0 Å². The number of rotatable bonds is 13. The van der Waals surface area contributed by atoms with Gasteiger partial charge in [-0.25, -0.2) is 0 Å². The van der Waals surface area contributed by atoms with Crippen LogP contribution in [0.4, 0.5) is 0 Å². The Bertz CT molecular complexity index is 1110. The number of likely N-dealkylation sites (tertiary alicyclic amines) is 1. The molecule has 1 saturated heterocycles. The van der Waals surface area contributed by atoms with Crippen molar-refractivity contribution in [2.45, 2.75) is 53.0 Å². The zero-order valence-electron chi connectivity index (χ0n) is 22.8. The van der Waals surface area contributed by atoms with E-state index in [4.69, 9.17) is 9.47 Å². The minimum absolute atomic E-state index is 0.103. The van der Waals surface area contributed by atoms with Crippen LogP contribution in [-0.2, 0) is 9.59 Å². The van der Waals surface area contributed by atoms with Crippen LogP contribution in [0.25, 0.3) is 5.76 Å². The summed E-state index contributed by atoms with van der Waals surface area (Å²) in [5.74, 6) is -0.0217. The van der Waals surface area contributed by atoms with Crippen molar-refractivity contribution >= 4 is 17.4 Å². The third kappa shape index (κ3) is 6.52. The molecule has 0 aliphatic carbocycles. The predicted octanol–water partition coefficient (Wildman–Crippen LogP) is 5.34. The molecule has 1 aliphatic rings. The number of aryl methyl sites for hydroxylation is 1. The number of aliphatic hydroxyl groups is 1. The van der Waals surface area contributed by atoms with Crippen molar-refractivity contribution in [1.29, 1.82) is 0 Å². The molecule has 1 N–H and O–H groups in total. The molecule has 37 heavy (non-hydrogen) atoms. The molecule has 7 heteroatoms. The van der Waals surface area contributed by atoms with Crippen LogP contribution in [0.5, 0.6) is 11.5 Å². The second kappa shape index (κ2) is 13.3. The summed E-state index contributed by atoms with van der Waals surface area (Å²) in [6.07, 6.45) is 3.23. The Balaban J connectivity index is 2.01. The maximum Gasteiger partial charge on any atom is 0.295 e. The first kappa shape index (κ1) is 28.3. The smallest absolute Gasteiger partial charge is 0.295 e. The van der Waals surface area contributed by atoms with Gasteiger partial charge in [-0.15, -0.1) is 0 Å². The Labute approximate surface area is 220 Å². The van der Waals surface area contributed by atoms with Crippen molar-refractivity contribution in [3.63, 3.8) is 0 Å². The minimum atomic E-state index is -0.688. The maximum absolute atomic E-state index is 13.3. The Morgan fingerprint density at radius 2 is 1.73 bits per heavy atom. The first-order chi connectivity index (χ1) is 17.9. The fourth-order valence-electron chi connectivity index (χ4n) is 4.72. The van der Waals surface area contributed by atoms with E-state index >= 15 is 0 Å². The van der Waals surface area contributed by atoms with Gasteiger partial charge in [0.1, 0.15) is 17.3 Å². The average Bonchev–Trinajstić information content (AvgIpc) is 3.16. The summed E-state index contributed by atoms with van der Waals surface area (Å²) in [6.45, 7) is 11.5. The summed E-state index contributed by atoms with van der Waals surface area (Å²) in [7, 11) is 1.58. The van der Waals surface area contributed by atoms with E-state index in [1.807, 2.05) is 31.2 Å². The second-order valence-corrected chi connectivity index (χ2v) is 9.33. The lowest BCUT2D eigenvalue weighted by molar-refractivity contribution is -0.140. The molecular weight excluding hydrogens is 468 g/mol. The molecule has 3 rings (SSSR count). The van der Waals surface area contributed by atoms with Gasteiger partial charge in [-0.3, -0.25) is 9.59 Å². The molecule has 0 aromatic heterocycles. The Hall–Kier alpha value is -3.32. The SMILES string of the molecule is CCCCCOc1ccc(C2/C(=C(\O)c3ccc(OC)c(C)c3)C(=O)C(=O)N2CCN(CC)CC)cc1. The molecule has 0 spiro atoms. The molecule has 2 aromatic rings. The van der Waals surface area contributed by atoms with E-state index in [0.717, 1.165) is 49.2 Å². The number of amides is 1. The number of nitrogens with zero attached hydrogens (tertiary/aromatic N) is 2. The van der Waals surface area contributed by atoms with Crippen LogP contribution in [0.15, 0.2) is 48.0 Å². The normalized spacial score (nSPS) is 17.0. The molecule has 1 amide bonds. The number of ketones is 1. The summed E-state index contributed by atoms with van der Waals surface area (Å²) in [5.41, 5.74) is 2.15. The summed E-state index contributed by atoms with van der Waals surface area (Å²) in [5, 5.41) is 11.3. The Morgan fingerprint density at radius 1 is 1.03 bits per heavy atom. The summed E-state index contributed by atoms with van der Waals surface area (Å²) >= 11 is 0. The van der Waals surface area contributed by atoms with Crippen LogP contribution < -0.4 is 9.47 Å². The van der Waals surface area contributed by atoms with E-state index in [1.165, 1.54) is 0 Å². The molecule has 0 radical (unpaired) electrons. The highest BCUT2D eigenvalue weighted by atomic mass is 16.5. The quantitative estimate of drug-likeness (QED) is 0.170. The molecular formula is C30H40N2O5. The molecule has 1 heterocycles. The number of hydrogen-bond donors (Lipinski definition) is 1. The number of carbonyl (C=O) groups excluding carboxylic acids is 2. The average molecular weight is 509 g/mol. The third-order valence-corrected chi connectivity index (χ3v) is 6.97. The van der Waals surface area contributed by atoms with E-state index in [1.54, 1.807) is 30.2 Å². The number of methoxy groups -OCH3 is 1. The number of hydrogen-bond acceptors (Lipinski definition) is 6. The molecule has 0 bridgehead atoms. The van der Waals surface area contributed by atoms with Gasteiger partial charge in [0.15, 0.2) is 0 Å². The van der Waals surface area contributed by atoms with Crippen molar-refractivity contribution < 1.29 is 24.2 Å². The number of aliphatic hydroxyl groups excluding tert-OH is 1. The van der Waals surface area contributed by atoms with Gasteiger partial charge in [-0.1, -0.05) is 45.7 Å². The third-order valence-electron chi connectivity index (χ3n) is 6.97. The molecule has 2 aromatic carbocycles. The largest absolute Gasteiger partial charge is 0.507 e. The first-order valence-electron chi connectivity index (χ1n) is 13.2. The van der Waals surface area contributed by atoms with Gasteiger partial charge >= 0.3 is 0 Å². The van der Waals surface area contributed by atoms with Gasteiger partial charge in [0.05, 0.1) is 25.3 Å². The lowest BCUT2D eigenvalue weighted by Crippen LogP contribution is -2.38. The summed E-state index contributed by atoms with van der Waals surface area (Å²) in [4.78, 5) is 30.3. The van der Waals surface area contributed by atoms with E-state index in [-0.39, 0.29) is 11.3 Å². The lowest BCUT2D eigenvalue weighted by Gasteiger charge is -2.28. The monoisotopic (exact) mass is 508 g/mol. The van der Waals surface area contributed by atoms with Crippen LogP contribution in [0, 0.1) is 6.92 Å². The number of Topliss-reactive ketones (excluding diaryl/α,β-unsaturated/α-hetero) is 1. The number of ether oxygens (including phenoxy) is 2. The molecule has 1 fully saturated rings. The van der Waals surface area contributed by atoms with Gasteiger partial charge in [0, 0.05) is 18.7 Å². The van der Waals surface area contributed by atoms with Crippen LogP contribution in [-0.4, -0.2) is 66.5 Å². The zero-order chi connectivity index (χ0) is 26.9. The molecule has 7 nitrogen and oxygen atoms in total. The number of unbranched alkanes of at least 4 members (excludes halogenated alkanes) is 2. The fourth-order valence-corrected chi connectivity index (χ4v) is 4.72. The van der Waals surface area contributed by atoms with E-state index in [2.05, 4.69) is 25.7 Å². The van der Waals surface area contributed by atoms with Crippen molar-refractivity contribution in [3.8, 4) is 11.5 Å². The van der Waals surface area contributed by atoms with Gasteiger partial charge in [-0.05, 0) is 67.9 Å². The highest BCUT2D eigenvalue weighted by molar-refractivity contribution is 6.46. The number of benzene rings is 2. The highest BCUT2D eigenvalue weighted by Crippen LogP contribution is 2.40. The molecule has 1 atom stereocenters. The zero-order valence-corrected chi connectivity index (χ0v) is 22.8. The predicted molar refractivity (Wildman–Crippen MR) is 146 cm³/mol. The van der Waals surface area contributed by atoms with Crippen LogP contribution in [0.3, 0.4) is 0 Å². The second-order valence-electron chi connectivity index (χ2n) is 9.33. The number of likely N-dealkylation sites (N-methyl/N-ethyl adjacent to an activating group) is 1. The number of carbonyl (C=O) groups is 2. The first-order valence-corrected chi connectivity index (χ1v) is 13.2. The van der Waals surface area contributed by atoms with Gasteiger partial charge in [-0.2, -0.15) is 0 Å². The Kier molecular flexibility index (Phi) is 10.1. The lowest BCUT2D eigenvalue weighted by atomic mass is 9.94. The van der Waals surface area contributed by atoms with Crippen molar-refractivity contribution in [2.24, 2.45) is 0 Å². The molecule has 1 aliphatic heterocycles. The van der Waals surface area contributed by atoms with Crippen molar-refractivity contribution in [3.05, 3.63) is 64.7 Å². The highest BCUT2D eigenvalue weighted by Gasteiger charge is 2.46. The molecule has 0 saturated carbocycles. The minimum Gasteiger partial charge on any atom is -0.507 e. The summed E-state index contributed by atoms with van der Waals surface area (Å²) < 4.78 is 11.2. The van der Waals surface area contributed by atoms with Crippen LogP contribution in [0.1, 0.15) is 62.8 Å². The van der Waals surface area contributed by atoms with Gasteiger partial charge < -0.3 is 24.4 Å². The standard InChI is InChI=1S/C30H40N2O5/c1-6-9-10-19-37-24-14-11-22(12-15-24)27-26(28(33)23-13-16-25(36-5)21(4)20-23)29(34)30(35)32(27)18-17-31(7-2)8-3/h11-16,20,27,33H,6-10,17-19H2,1-5H3/b28-26+. The Morgan fingerprint density at radius 3 is 2.32 bits per heavy atom. The topological polar surface area (TPSA) is 79.3 Å². The maximum atomic E-state index is 13.3. The van der Waals surface area contributed by atoms with Gasteiger partial charge in [0.2, 0.25) is 0 Å². The van der Waals surface area contributed by atoms with Gasteiger partial charge in [0.25, 0.3) is 11.7 Å².